The van der Waals surface area contributed by atoms with Gasteiger partial charge in [0.15, 0.2) is 6.10 Å². The second-order valence-electron chi connectivity index (χ2n) is 13.1. The highest BCUT2D eigenvalue weighted by Crippen LogP contribution is 2.43. The summed E-state index contributed by atoms with van der Waals surface area (Å²) >= 11 is 0. The van der Waals surface area contributed by atoms with Gasteiger partial charge in [-0.15, -0.1) is 0 Å². The summed E-state index contributed by atoms with van der Waals surface area (Å²) in [6.07, 6.45) is 28.9. The maximum absolute atomic E-state index is 12.6. The quantitative estimate of drug-likeness (QED) is 0.0218. The van der Waals surface area contributed by atoms with E-state index in [1.807, 2.05) is 0 Å². The minimum atomic E-state index is -4.53. The van der Waals surface area contributed by atoms with Crippen LogP contribution >= 0.6 is 7.82 Å². The summed E-state index contributed by atoms with van der Waals surface area (Å²) in [6, 6.07) is 0. The summed E-state index contributed by atoms with van der Waals surface area (Å²) in [5.41, 5.74) is 0. The summed E-state index contributed by atoms with van der Waals surface area (Å²) in [6.45, 7) is 6.51. The number of phosphoric acid groups is 1. The molecular weight excluding hydrogens is 645 g/mol. The molecule has 0 aliphatic carbocycles. The van der Waals surface area contributed by atoms with E-state index < -0.39 is 38.4 Å². The molecule has 0 spiro atoms. The van der Waals surface area contributed by atoms with Crippen LogP contribution in [0.3, 0.4) is 0 Å². The van der Waals surface area contributed by atoms with Crippen LogP contribution in [-0.2, 0) is 32.7 Å². The van der Waals surface area contributed by atoms with Crippen molar-refractivity contribution in [3.8, 4) is 0 Å². The average Bonchev–Trinajstić information content (AvgIpc) is 3.08. The van der Waals surface area contributed by atoms with E-state index in [0.29, 0.717) is 6.42 Å². The lowest BCUT2D eigenvalue weighted by Crippen LogP contribution is -2.29. The molecule has 0 aliphatic heterocycles. The van der Waals surface area contributed by atoms with Crippen LogP contribution in [0.25, 0.3) is 0 Å². The zero-order chi connectivity index (χ0) is 36.3. The van der Waals surface area contributed by atoms with Crippen molar-refractivity contribution >= 4 is 25.7 Å². The Bertz CT molecular complexity index is 883. The minimum absolute atomic E-state index is 0.146. The molecule has 0 aliphatic rings. The van der Waals surface area contributed by atoms with Crippen molar-refractivity contribution in [2.75, 3.05) is 26.4 Å². The van der Waals surface area contributed by atoms with E-state index in [9.17, 15) is 24.2 Å². The van der Waals surface area contributed by atoms with Crippen molar-refractivity contribution in [3.05, 3.63) is 12.7 Å². The third-order valence-electron chi connectivity index (χ3n) is 8.41. The molecule has 0 aromatic rings. The van der Waals surface area contributed by atoms with Crippen LogP contribution in [-0.4, -0.2) is 55.2 Å². The summed E-state index contributed by atoms with van der Waals surface area (Å²) in [7, 11) is -4.53. The average molecular weight is 717 g/mol. The van der Waals surface area contributed by atoms with Gasteiger partial charge in [-0.25, -0.2) is 4.57 Å². The molecule has 0 aromatic heterocycles. The van der Waals surface area contributed by atoms with E-state index in [4.69, 9.17) is 18.5 Å². The number of rotatable bonds is 37. The highest BCUT2D eigenvalue weighted by Gasteiger charge is 2.26. The van der Waals surface area contributed by atoms with Gasteiger partial charge in [-0.1, -0.05) is 168 Å². The Morgan fingerprint density at radius 2 is 1.08 bits per heavy atom. The number of ether oxygens (including phenoxy) is 2. The van der Waals surface area contributed by atoms with Crippen molar-refractivity contribution in [1.82, 2.24) is 0 Å². The third-order valence-corrected chi connectivity index (χ3v) is 9.39. The van der Waals surface area contributed by atoms with E-state index in [2.05, 4.69) is 25.4 Å². The van der Waals surface area contributed by atoms with Crippen LogP contribution in [0.5, 0.6) is 0 Å². The number of phosphoric ester groups is 1. The van der Waals surface area contributed by atoms with Gasteiger partial charge in [0, 0.05) is 12.8 Å². The fourth-order valence-electron chi connectivity index (χ4n) is 5.43. The standard InChI is InChI=1S/C38H72NO9P/c1-4-7-9-11-13-15-17-19-21-23-25-27-29-37(41)45-33-35(34-47-49(43,44)46-32-31-39-36(40)6-3)48-38(42)30-28-26-24-22-20-18-16-14-12-10-8-5-2/h6,35H,3-5,7-34H2,1-2H3,(H,39,40)(H,43,44)/p-1. The molecule has 0 aromatic carbocycles. The minimum Gasteiger partial charge on any atom is -0.859 e. The molecule has 0 radical (unpaired) electrons. The third kappa shape index (κ3) is 34.5. The number of carbonyl (C=O) groups is 2. The Balaban J connectivity index is 4.45. The topological polar surface area (TPSA) is 144 Å². The first-order valence-electron chi connectivity index (χ1n) is 19.5. The van der Waals surface area contributed by atoms with E-state index in [1.165, 1.54) is 109 Å². The summed E-state index contributed by atoms with van der Waals surface area (Å²) in [4.78, 5) is 38.5. The molecule has 0 fully saturated rings. The van der Waals surface area contributed by atoms with Crippen molar-refractivity contribution in [2.45, 2.75) is 187 Å². The maximum Gasteiger partial charge on any atom is 0.472 e. The van der Waals surface area contributed by atoms with Crippen LogP contribution in [0.15, 0.2) is 17.6 Å². The van der Waals surface area contributed by atoms with Crippen LogP contribution in [0.4, 0.5) is 0 Å². The van der Waals surface area contributed by atoms with Crippen molar-refractivity contribution in [1.29, 1.82) is 0 Å². The molecule has 288 valence electrons. The zero-order valence-corrected chi connectivity index (χ0v) is 32.1. The Kier molecular flexibility index (Phi) is 33.5. The van der Waals surface area contributed by atoms with E-state index in [0.717, 1.165) is 44.6 Å². The lowest BCUT2D eigenvalue weighted by Gasteiger charge is -2.20. The summed E-state index contributed by atoms with van der Waals surface area (Å²) in [5.74, 6) is -1.46. The van der Waals surface area contributed by atoms with Crippen LogP contribution in [0, 0.1) is 0 Å². The SMILES string of the molecule is C=CC([O-])=NCCOP(=O)(O)OCC(COC(=O)CCCCCCCCCCCCCC)OC(=O)CCCCCCCCCCCCCC. The Morgan fingerprint density at radius 3 is 1.51 bits per heavy atom. The molecule has 0 saturated heterocycles. The second-order valence-corrected chi connectivity index (χ2v) is 14.5. The molecule has 2 atom stereocenters. The van der Waals surface area contributed by atoms with Gasteiger partial charge in [0.1, 0.15) is 6.61 Å². The first-order valence-corrected chi connectivity index (χ1v) is 21.0. The monoisotopic (exact) mass is 716 g/mol. The Hall–Kier alpha value is -1.74. The van der Waals surface area contributed by atoms with Gasteiger partial charge in [-0.05, 0) is 18.7 Å². The smallest absolute Gasteiger partial charge is 0.472 e. The van der Waals surface area contributed by atoms with Crippen LogP contribution in [0.1, 0.15) is 181 Å². The van der Waals surface area contributed by atoms with Crippen molar-refractivity contribution in [2.24, 2.45) is 4.99 Å². The Morgan fingerprint density at radius 1 is 0.673 bits per heavy atom. The lowest BCUT2D eigenvalue weighted by molar-refractivity contribution is -0.212. The van der Waals surface area contributed by atoms with E-state index in [1.54, 1.807) is 0 Å². The predicted octanol–water partition coefficient (Wildman–Crippen LogP) is 9.70. The molecule has 1 N–H and O–H groups in total. The number of unbranched alkanes of at least 4 members (excludes halogenated alkanes) is 22. The van der Waals surface area contributed by atoms with Gasteiger partial charge in [0.25, 0.3) is 0 Å². The fourth-order valence-corrected chi connectivity index (χ4v) is 6.17. The summed E-state index contributed by atoms with van der Waals surface area (Å²) in [5, 5.41) is 11.2. The number of esters is 2. The first kappa shape index (κ1) is 47.3. The van der Waals surface area contributed by atoms with E-state index >= 15 is 0 Å². The lowest BCUT2D eigenvalue weighted by atomic mass is 10.0. The molecule has 0 amide bonds. The molecule has 10 nitrogen and oxygen atoms in total. The van der Waals surface area contributed by atoms with E-state index in [-0.39, 0.29) is 32.6 Å². The Labute approximate surface area is 298 Å². The van der Waals surface area contributed by atoms with Gasteiger partial charge >= 0.3 is 19.8 Å². The van der Waals surface area contributed by atoms with Crippen LogP contribution < -0.4 is 5.11 Å². The molecule has 0 bridgehead atoms. The number of hydrogen-bond donors (Lipinski definition) is 1. The zero-order valence-electron chi connectivity index (χ0n) is 31.2. The number of carbonyl (C=O) groups excluding carboxylic acids is 2. The van der Waals surface area contributed by atoms with Gasteiger partial charge in [-0.2, -0.15) is 0 Å². The molecule has 0 heterocycles. The van der Waals surface area contributed by atoms with Crippen molar-refractivity contribution < 1.29 is 42.7 Å². The van der Waals surface area contributed by atoms with Crippen molar-refractivity contribution in [3.63, 3.8) is 0 Å². The highest BCUT2D eigenvalue weighted by molar-refractivity contribution is 7.47. The molecule has 49 heavy (non-hydrogen) atoms. The molecule has 2 unspecified atom stereocenters. The van der Waals surface area contributed by atoms with Gasteiger partial charge in [0.05, 0.1) is 19.8 Å². The first-order chi connectivity index (χ1) is 23.7. The second kappa shape index (κ2) is 34.7. The van der Waals surface area contributed by atoms with Gasteiger partial charge < -0.3 is 19.5 Å². The van der Waals surface area contributed by atoms with Crippen LogP contribution in [0.2, 0.25) is 0 Å². The summed E-state index contributed by atoms with van der Waals surface area (Å²) < 4.78 is 33.0. The number of nitrogens with zero attached hydrogens (tertiary/aromatic N) is 1. The fraction of sp³-hybridized carbons (Fsp3) is 0.868. The maximum atomic E-state index is 12.6. The predicted molar refractivity (Wildman–Crippen MR) is 196 cm³/mol. The number of hydrogen-bond acceptors (Lipinski definition) is 9. The normalized spacial score (nSPS) is 13.6. The molecule has 11 heteroatoms. The highest BCUT2D eigenvalue weighted by atomic mass is 31.2. The largest absolute Gasteiger partial charge is 0.859 e. The van der Waals surface area contributed by atoms with Gasteiger partial charge in [0.2, 0.25) is 0 Å². The molecular formula is C38H71NO9P-. The number of aliphatic imine (C=N–C) groups is 1. The van der Waals surface area contributed by atoms with Gasteiger partial charge in [-0.3, -0.25) is 23.6 Å². The molecule has 0 rings (SSSR count). The molecule has 0 saturated carbocycles.